The Kier molecular flexibility index (Phi) is 5.35. The van der Waals surface area contributed by atoms with Gasteiger partial charge in [0.2, 0.25) is 0 Å². The third-order valence-corrected chi connectivity index (χ3v) is 7.65. The second-order valence-electron chi connectivity index (χ2n) is 7.25. The van der Waals surface area contributed by atoms with Gasteiger partial charge in [-0.3, -0.25) is 13.7 Å². The van der Waals surface area contributed by atoms with E-state index in [9.17, 15) is 49.1 Å². The molecule has 0 amide bonds. The van der Waals surface area contributed by atoms with Crippen LogP contribution < -0.4 is 0 Å². The van der Waals surface area contributed by atoms with Crippen molar-refractivity contribution in [1.29, 1.82) is 0 Å². The van der Waals surface area contributed by atoms with Gasteiger partial charge in [-0.2, -0.15) is 25.3 Å². The Morgan fingerprint density at radius 1 is 0.588 bits per heavy atom. The van der Waals surface area contributed by atoms with Crippen molar-refractivity contribution in [3.05, 3.63) is 54.6 Å². The zero-order valence-electron chi connectivity index (χ0n) is 16.6. The summed E-state index contributed by atoms with van der Waals surface area (Å²) in [5.41, 5.74) is -0.686. The maximum absolute atomic E-state index is 12.2. The van der Waals surface area contributed by atoms with Gasteiger partial charge < -0.3 is 10.2 Å². The summed E-state index contributed by atoms with van der Waals surface area (Å²) in [7, 11) is -14.9. The van der Waals surface area contributed by atoms with Crippen molar-refractivity contribution < 1.29 is 49.1 Å². The lowest BCUT2D eigenvalue weighted by molar-refractivity contribution is 0.470. The molecule has 34 heavy (non-hydrogen) atoms. The summed E-state index contributed by atoms with van der Waals surface area (Å²) >= 11 is 0. The van der Waals surface area contributed by atoms with Crippen molar-refractivity contribution in [3.8, 4) is 22.6 Å². The Bertz CT molecular complexity index is 1840. The van der Waals surface area contributed by atoms with E-state index in [0.29, 0.717) is 6.07 Å². The van der Waals surface area contributed by atoms with Crippen molar-refractivity contribution in [2.45, 2.75) is 14.7 Å². The average molecular weight is 527 g/mol. The molecule has 0 aliphatic rings. The molecule has 4 aromatic rings. The standard InChI is InChI=1S/C20H14O11S3/c21-16-9-18(34(29,30)31)20(14-4-2-1-3-13(14)16)15-7-11(32(23,24)25)5-10-6-12(33(26,27)28)8-17(22)19(10)15/h1-9,21-22H,(H,23,24,25)(H,26,27,28)(H,29,30,31). The predicted octanol–water partition coefficient (Wildman–Crippen LogP) is 2.81. The number of hydrogen-bond donors (Lipinski definition) is 5. The van der Waals surface area contributed by atoms with Crippen LogP contribution in [0, 0.1) is 0 Å². The molecule has 0 saturated heterocycles. The van der Waals surface area contributed by atoms with Crippen molar-refractivity contribution in [2.24, 2.45) is 0 Å². The first-order valence-electron chi connectivity index (χ1n) is 9.07. The fourth-order valence-corrected chi connectivity index (χ4v) is 5.56. The summed E-state index contributed by atoms with van der Waals surface area (Å²) < 4.78 is 100. The van der Waals surface area contributed by atoms with E-state index in [0.717, 1.165) is 24.3 Å². The number of hydrogen-bond acceptors (Lipinski definition) is 8. The summed E-state index contributed by atoms with van der Waals surface area (Å²) in [4.78, 5) is -2.46. The van der Waals surface area contributed by atoms with E-state index >= 15 is 0 Å². The third-order valence-electron chi connectivity index (χ3n) is 5.10. The summed E-state index contributed by atoms with van der Waals surface area (Å²) in [6.45, 7) is 0. The molecule has 0 atom stereocenters. The molecule has 0 aromatic heterocycles. The predicted molar refractivity (Wildman–Crippen MR) is 120 cm³/mol. The van der Waals surface area contributed by atoms with E-state index in [1.54, 1.807) is 0 Å². The van der Waals surface area contributed by atoms with Crippen LogP contribution in [0.2, 0.25) is 0 Å². The zero-order valence-corrected chi connectivity index (χ0v) is 19.1. The van der Waals surface area contributed by atoms with Gasteiger partial charge in [0.25, 0.3) is 30.4 Å². The van der Waals surface area contributed by atoms with E-state index in [2.05, 4.69) is 0 Å². The van der Waals surface area contributed by atoms with Crippen LogP contribution in [0.4, 0.5) is 0 Å². The minimum atomic E-state index is -5.05. The molecule has 178 valence electrons. The molecule has 14 heteroatoms. The molecule has 0 radical (unpaired) electrons. The smallest absolute Gasteiger partial charge is 0.295 e. The van der Waals surface area contributed by atoms with Gasteiger partial charge in [-0.05, 0) is 34.5 Å². The van der Waals surface area contributed by atoms with E-state index < -0.39 is 56.5 Å². The monoisotopic (exact) mass is 526 g/mol. The molecular weight excluding hydrogens is 512 g/mol. The maximum atomic E-state index is 12.2. The van der Waals surface area contributed by atoms with E-state index in [1.165, 1.54) is 24.3 Å². The molecule has 0 aliphatic carbocycles. The van der Waals surface area contributed by atoms with Gasteiger partial charge in [0.1, 0.15) is 16.4 Å². The topological polar surface area (TPSA) is 204 Å². The van der Waals surface area contributed by atoms with Crippen molar-refractivity contribution >= 4 is 51.9 Å². The zero-order chi connectivity index (χ0) is 25.2. The van der Waals surface area contributed by atoms with Crippen LogP contribution in [0.3, 0.4) is 0 Å². The van der Waals surface area contributed by atoms with Gasteiger partial charge in [-0.1, -0.05) is 24.3 Å². The fourth-order valence-electron chi connectivity index (χ4n) is 3.75. The van der Waals surface area contributed by atoms with Crippen LogP contribution in [-0.4, -0.2) is 49.1 Å². The Hall–Kier alpha value is -3.27. The number of rotatable bonds is 4. The highest BCUT2D eigenvalue weighted by Crippen LogP contribution is 2.45. The van der Waals surface area contributed by atoms with Gasteiger partial charge in [0.05, 0.1) is 9.79 Å². The fraction of sp³-hybridized carbons (Fsp3) is 0. The molecular formula is C20H14O11S3. The highest BCUT2D eigenvalue weighted by molar-refractivity contribution is 7.86. The molecule has 0 heterocycles. The summed E-state index contributed by atoms with van der Waals surface area (Å²) in [5, 5.41) is 20.5. The van der Waals surface area contributed by atoms with E-state index in [-0.39, 0.29) is 32.7 Å². The Morgan fingerprint density at radius 2 is 1.12 bits per heavy atom. The minimum absolute atomic E-state index is 0.0159. The number of phenols is 2. The third kappa shape index (κ3) is 4.06. The number of phenolic OH excluding ortho intramolecular Hbond substituents is 2. The normalized spacial score (nSPS) is 12.9. The Balaban J connectivity index is 2.34. The van der Waals surface area contributed by atoms with Crippen molar-refractivity contribution in [2.75, 3.05) is 0 Å². The largest absolute Gasteiger partial charge is 0.507 e. The summed E-state index contributed by atoms with van der Waals surface area (Å²) in [6, 6.07) is 9.55. The molecule has 0 unspecified atom stereocenters. The number of aromatic hydroxyl groups is 2. The first-order chi connectivity index (χ1) is 15.6. The highest BCUT2D eigenvalue weighted by Gasteiger charge is 2.27. The molecule has 0 saturated carbocycles. The maximum Gasteiger partial charge on any atom is 0.295 e. The molecule has 11 nitrogen and oxygen atoms in total. The molecule has 0 spiro atoms. The van der Waals surface area contributed by atoms with Crippen molar-refractivity contribution in [1.82, 2.24) is 0 Å². The van der Waals surface area contributed by atoms with Gasteiger partial charge in [0, 0.05) is 28.5 Å². The number of benzene rings is 4. The van der Waals surface area contributed by atoms with Crippen LogP contribution >= 0.6 is 0 Å². The lowest BCUT2D eigenvalue weighted by atomic mass is 9.93. The van der Waals surface area contributed by atoms with Gasteiger partial charge in [-0.25, -0.2) is 0 Å². The lowest BCUT2D eigenvalue weighted by Crippen LogP contribution is -2.04. The summed E-state index contributed by atoms with van der Waals surface area (Å²) in [5.74, 6) is -1.32. The second-order valence-corrected chi connectivity index (χ2v) is 11.5. The van der Waals surface area contributed by atoms with Gasteiger partial charge in [-0.15, -0.1) is 0 Å². The Morgan fingerprint density at radius 3 is 1.65 bits per heavy atom. The van der Waals surface area contributed by atoms with Crippen LogP contribution in [0.1, 0.15) is 0 Å². The molecule has 5 N–H and O–H groups in total. The van der Waals surface area contributed by atoms with E-state index in [4.69, 9.17) is 0 Å². The van der Waals surface area contributed by atoms with Crippen LogP contribution in [0.5, 0.6) is 11.5 Å². The number of fused-ring (bicyclic) bond motifs is 2. The molecule has 4 aromatic carbocycles. The van der Waals surface area contributed by atoms with Crippen LogP contribution in [-0.2, 0) is 30.4 Å². The average Bonchev–Trinajstić information content (AvgIpc) is 2.71. The van der Waals surface area contributed by atoms with Crippen LogP contribution in [0.25, 0.3) is 32.7 Å². The van der Waals surface area contributed by atoms with E-state index in [1.807, 2.05) is 0 Å². The quantitative estimate of drug-likeness (QED) is 0.245. The molecule has 0 bridgehead atoms. The first-order valence-corrected chi connectivity index (χ1v) is 13.4. The molecule has 0 aliphatic heterocycles. The van der Waals surface area contributed by atoms with Crippen molar-refractivity contribution in [3.63, 3.8) is 0 Å². The molecule has 0 fully saturated rings. The molecule has 4 rings (SSSR count). The van der Waals surface area contributed by atoms with Crippen LogP contribution in [0.15, 0.2) is 69.3 Å². The SMILES string of the molecule is O=S(=O)(O)c1cc(O)c2c(-c3c(S(=O)(=O)O)cc(O)c4ccccc34)cc(S(=O)(=O)O)cc2c1. The second kappa shape index (κ2) is 7.63. The Labute approximate surface area is 192 Å². The minimum Gasteiger partial charge on any atom is -0.507 e. The highest BCUT2D eigenvalue weighted by atomic mass is 32.2. The van der Waals surface area contributed by atoms with Gasteiger partial charge >= 0.3 is 0 Å². The summed E-state index contributed by atoms with van der Waals surface area (Å²) in [6.07, 6.45) is 0. The van der Waals surface area contributed by atoms with Gasteiger partial charge in [0.15, 0.2) is 0 Å². The first kappa shape index (κ1) is 23.9. The lowest BCUT2D eigenvalue weighted by Gasteiger charge is -2.17.